The highest BCUT2D eigenvalue weighted by Crippen LogP contribution is 2.16. The van der Waals surface area contributed by atoms with Crippen LogP contribution in [0, 0.1) is 5.92 Å². The van der Waals surface area contributed by atoms with Crippen LogP contribution in [0.1, 0.15) is 46.0 Å². The number of aliphatic carboxylic acids is 1. The Morgan fingerprint density at radius 3 is 2.78 bits per heavy atom. The standard InChI is InChI=1S/C13H24N2O3/c1-3-4-5-11(13(17)18)15-12(16)10-6-7-14-9(2)8-10/h9-11,14H,3-8H2,1-2H3,(H,15,16)(H,17,18). The molecule has 0 bridgehead atoms. The molecule has 0 aromatic heterocycles. The molecular formula is C13H24N2O3. The predicted molar refractivity (Wildman–Crippen MR) is 69.3 cm³/mol. The first-order valence-corrected chi connectivity index (χ1v) is 6.81. The highest BCUT2D eigenvalue weighted by atomic mass is 16.4. The largest absolute Gasteiger partial charge is 0.480 e. The molecule has 3 N–H and O–H groups in total. The van der Waals surface area contributed by atoms with Crippen molar-refractivity contribution in [3.8, 4) is 0 Å². The number of hydrogen-bond donors (Lipinski definition) is 3. The third-order valence-electron chi connectivity index (χ3n) is 3.46. The molecule has 5 heteroatoms. The Balaban J connectivity index is 2.46. The normalized spacial score (nSPS) is 25.4. The Labute approximate surface area is 108 Å². The average Bonchev–Trinajstić information content (AvgIpc) is 2.33. The van der Waals surface area contributed by atoms with Gasteiger partial charge in [0.1, 0.15) is 6.04 Å². The summed E-state index contributed by atoms with van der Waals surface area (Å²) in [6.45, 7) is 4.88. The van der Waals surface area contributed by atoms with Crippen LogP contribution in [-0.2, 0) is 9.59 Å². The molecule has 0 radical (unpaired) electrons. The summed E-state index contributed by atoms with van der Waals surface area (Å²) in [7, 11) is 0. The van der Waals surface area contributed by atoms with Gasteiger partial charge in [-0.05, 0) is 32.7 Å². The maximum absolute atomic E-state index is 12.0. The summed E-state index contributed by atoms with van der Waals surface area (Å²) in [5.74, 6) is -1.09. The monoisotopic (exact) mass is 256 g/mol. The third kappa shape index (κ3) is 4.64. The molecule has 0 aliphatic carbocycles. The fourth-order valence-corrected chi connectivity index (χ4v) is 2.33. The Kier molecular flexibility index (Phi) is 6.12. The first-order valence-electron chi connectivity index (χ1n) is 6.81. The lowest BCUT2D eigenvalue weighted by Crippen LogP contribution is -2.47. The van der Waals surface area contributed by atoms with Crippen LogP contribution in [0.4, 0.5) is 0 Å². The minimum Gasteiger partial charge on any atom is -0.480 e. The lowest BCUT2D eigenvalue weighted by atomic mass is 9.92. The number of carbonyl (C=O) groups excluding carboxylic acids is 1. The van der Waals surface area contributed by atoms with Crippen molar-refractivity contribution >= 4 is 11.9 Å². The summed E-state index contributed by atoms with van der Waals surface area (Å²) in [6.07, 6.45) is 3.84. The molecule has 0 spiro atoms. The molecule has 3 atom stereocenters. The number of hydrogen-bond acceptors (Lipinski definition) is 3. The molecule has 5 nitrogen and oxygen atoms in total. The maximum Gasteiger partial charge on any atom is 0.326 e. The summed E-state index contributed by atoms with van der Waals surface area (Å²) in [6, 6.07) is -0.406. The van der Waals surface area contributed by atoms with E-state index in [0.29, 0.717) is 12.5 Å². The molecule has 0 aromatic carbocycles. The molecule has 104 valence electrons. The minimum atomic E-state index is -0.932. The zero-order valence-electron chi connectivity index (χ0n) is 11.2. The van der Waals surface area contributed by atoms with Crippen molar-refractivity contribution in [2.24, 2.45) is 5.92 Å². The van der Waals surface area contributed by atoms with Crippen molar-refractivity contribution < 1.29 is 14.7 Å². The zero-order valence-corrected chi connectivity index (χ0v) is 11.2. The van der Waals surface area contributed by atoms with Crippen LogP contribution in [0.5, 0.6) is 0 Å². The Morgan fingerprint density at radius 1 is 1.50 bits per heavy atom. The van der Waals surface area contributed by atoms with Gasteiger partial charge < -0.3 is 15.7 Å². The van der Waals surface area contributed by atoms with Crippen molar-refractivity contribution in [1.82, 2.24) is 10.6 Å². The first kappa shape index (κ1) is 15.0. The number of unbranched alkanes of at least 4 members (excludes halogenated alkanes) is 1. The number of carbonyl (C=O) groups is 2. The number of nitrogens with one attached hydrogen (secondary N) is 2. The maximum atomic E-state index is 12.0. The number of piperidine rings is 1. The van der Waals surface area contributed by atoms with Crippen molar-refractivity contribution in [3.63, 3.8) is 0 Å². The third-order valence-corrected chi connectivity index (χ3v) is 3.46. The van der Waals surface area contributed by atoms with Crippen molar-refractivity contribution in [2.75, 3.05) is 6.54 Å². The van der Waals surface area contributed by atoms with Gasteiger partial charge in [-0.2, -0.15) is 0 Å². The first-order chi connectivity index (χ1) is 8.54. The fourth-order valence-electron chi connectivity index (χ4n) is 2.33. The van der Waals surface area contributed by atoms with E-state index in [1.54, 1.807) is 0 Å². The Morgan fingerprint density at radius 2 is 2.22 bits per heavy atom. The Bertz CT molecular complexity index is 294. The number of rotatable bonds is 6. The minimum absolute atomic E-state index is 0.0512. The topological polar surface area (TPSA) is 78.4 Å². The van der Waals surface area contributed by atoms with Gasteiger partial charge in [-0.15, -0.1) is 0 Å². The second-order valence-electron chi connectivity index (χ2n) is 5.12. The molecule has 18 heavy (non-hydrogen) atoms. The van der Waals surface area contributed by atoms with E-state index in [9.17, 15) is 9.59 Å². The van der Waals surface area contributed by atoms with Crippen LogP contribution in [0.25, 0.3) is 0 Å². The summed E-state index contributed by atoms with van der Waals surface area (Å²) in [5.41, 5.74) is 0. The van der Waals surface area contributed by atoms with Gasteiger partial charge in [0.15, 0.2) is 0 Å². The van der Waals surface area contributed by atoms with Crippen molar-refractivity contribution in [2.45, 2.75) is 58.0 Å². The molecule has 1 amide bonds. The molecule has 1 rings (SSSR count). The van der Waals surface area contributed by atoms with Crippen LogP contribution in [-0.4, -0.2) is 35.6 Å². The van der Waals surface area contributed by atoms with Gasteiger partial charge in [0, 0.05) is 12.0 Å². The second-order valence-corrected chi connectivity index (χ2v) is 5.12. The summed E-state index contributed by atoms with van der Waals surface area (Å²) in [5, 5.41) is 15.0. The van der Waals surface area contributed by atoms with Crippen molar-refractivity contribution in [1.29, 1.82) is 0 Å². The predicted octanol–water partition coefficient (Wildman–Crippen LogP) is 1.13. The molecule has 1 aliphatic rings. The molecule has 1 fully saturated rings. The van der Waals surface area contributed by atoms with E-state index in [1.807, 2.05) is 13.8 Å². The molecular weight excluding hydrogens is 232 g/mol. The van der Waals surface area contributed by atoms with E-state index >= 15 is 0 Å². The van der Waals surface area contributed by atoms with E-state index in [4.69, 9.17) is 5.11 Å². The fraction of sp³-hybridized carbons (Fsp3) is 0.846. The lowest BCUT2D eigenvalue weighted by molar-refractivity contribution is -0.142. The van der Waals surface area contributed by atoms with E-state index < -0.39 is 12.0 Å². The van der Waals surface area contributed by atoms with E-state index in [0.717, 1.165) is 32.2 Å². The van der Waals surface area contributed by atoms with Gasteiger partial charge in [-0.25, -0.2) is 4.79 Å². The van der Waals surface area contributed by atoms with Gasteiger partial charge in [0.05, 0.1) is 0 Å². The van der Waals surface area contributed by atoms with E-state index in [2.05, 4.69) is 10.6 Å². The quantitative estimate of drug-likeness (QED) is 0.666. The van der Waals surface area contributed by atoms with Gasteiger partial charge in [-0.1, -0.05) is 19.8 Å². The number of amides is 1. The molecule has 1 heterocycles. The molecule has 1 saturated heterocycles. The van der Waals surface area contributed by atoms with Gasteiger partial charge >= 0.3 is 5.97 Å². The number of carboxylic acids is 1. The SMILES string of the molecule is CCCCC(NC(=O)C1CCNC(C)C1)C(=O)O. The van der Waals surface area contributed by atoms with Gasteiger partial charge in [-0.3, -0.25) is 4.79 Å². The summed E-state index contributed by atoms with van der Waals surface area (Å²) >= 11 is 0. The van der Waals surface area contributed by atoms with Crippen LogP contribution in [0.15, 0.2) is 0 Å². The zero-order chi connectivity index (χ0) is 13.5. The average molecular weight is 256 g/mol. The molecule has 0 saturated carbocycles. The molecule has 3 unspecified atom stereocenters. The van der Waals surface area contributed by atoms with E-state index in [1.165, 1.54) is 0 Å². The van der Waals surface area contributed by atoms with Gasteiger partial charge in [0.25, 0.3) is 0 Å². The molecule has 1 aliphatic heterocycles. The second kappa shape index (κ2) is 7.36. The molecule has 0 aromatic rings. The Hall–Kier alpha value is -1.10. The van der Waals surface area contributed by atoms with E-state index in [-0.39, 0.29) is 11.8 Å². The smallest absolute Gasteiger partial charge is 0.326 e. The number of carboxylic acid groups (broad SMARTS) is 1. The van der Waals surface area contributed by atoms with Crippen LogP contribution < -0.4 is 10.6 Å². The van der Waals surface area contributed by atoms with Crippen LogP contribution in [0.3, 0.4) is 0 Å². The van der Waals surface area contributed by atoms with Crippen molar-refractivity contribution in [3.05, 3.63) is 0 Å². The highest BCUT2D eigenvalue weighted by molar-refractivity contribution is 5.85. The lowest BCUT2D eigenvalue weighted by Gasteiger charge is -2.28. The van der Waals surface area contributed by atoms with Gasteiger partial charge in [0.2, 0.25) is 5.91 Å². The highest BCUT2D eigenvalue weighted by Gasteiger charge is 2.28. The van der Waals surface area contributed by atoms with Crippen LogP contribution in [0.2, 0.25) is 0 Å². The van der Waals surface area contributed by atoms with Crippen LogP contribution >= 0.6 is 0 Å². The summed E-state index contributed by atoms with van der Waals surface area (Å²) < 4.78 is 0. The summed E-state index contributed by atoms with van der Waals surface area (Å²) in [4.78, 5) is 23.1.